The zero-order valence-corrected chi connectivity index (χ0v) is 31.1. The first-order valence-corrected chi connectivity index (χ1v) is 20.5. The summed E-state index contributed by atoms with van der Waals surface area (Å²) in [5.74, 6) is 0. The van der Waals surface area contributed by atoms with E-state index in [4.69, 9.17) is 0 Å². The Bertz CT molecular complexity index is 2010. The number of halogens is 2. The number of rotatable bonds is 4. The van der Waals surface area contributed by atoms with Crippen molar-refractivity contribution in [1.82, 2.24) is 0 Å². The van der Waals surface area contributed by atoms with Crippen molar-refractivity contribution in [2.75, 3.05) is 0 Å². The second kappa shape index (κ2) is 18.0. The van der Waals surface area contributed by atoms with Gasteiger partial charge in [-0.1, -0.05) is 168 Å². The first-order valence-electron chi connectivity index (χ1n) is 15.7. The molecular weight excluding hydrogens is 675 g/mol. The van der Waals surface area contributed by atoms with Crippen molar-refractivity contribution in [3.63, 3.8) is 0 Å². The van der Waals surface area contributed by atoms with E-state index in [0.717, 1.165) is 0 Å². The molecule has 0 fully saturated rings. The van der Waals surface area contributed by atoms with E-state index in [2.05, 4.69) is 214 Å². The van der Waals surface area contributed by atoms with Gasteiger partial charge in [0.2, 0.25) is 0 Å². The molecule has 0 aliphatic heterocycles. The summed E-state index contributed by atoms with van der Waals surface area (Å²) in [5.41, 5.74) is 10.3. The number of hydrogen-bond acceptors (Lipinski definition) is 0. The van der Waals surface area contributed by atoms with E-state index in [1.54, 1.807) is 0 Å². The molecule has 48 heavy (non-hydrogen) atoms. The molecule has 0 nitrogen and oxygen atoms in total. The number of fused-ring (bicyclic) bond motifs is 2. The zero-order valence-electron chi connectivity index (χ0n) is 27.1. The molecular formula is C44H36Cl2SiTi-2. The molecule has 0 radical (unpaired) electrons. The number of hydrogen-bond donors (Lipinski definition) is 0. The van der Waals surface area contributed by atoms with E-state index in [1.165, 1.54) is 66.1 Å². The Morgan fingerprint density at radius 3 is 1.00 bits per heavy atom. The summed E-state index contributed by atoms with van der Waals surface area (Å²) < 4.78 is 0. The monoisotopic (exact) mass is 710 g/mol. The Labute approximate surface area is 309 Å². The topological polar surface area (TPSA) is 0 Å². The van der Waals surface area contributed by atoms with Crippen molar-refractivity contribution in [1.29, 1.82) is 0 Å². The van der Waals surface area contributed by atoms with Gasteiger partial charge >= 0.3 is 38.5 Å². The van der Waals surface area contributed by atoms with Crippen molar-refractivity contribution in [2.24, 2.45) is 0 Å². The Balaban J connectivity index is 0.000000188. The van der Waals surface area contributed by atoms with E-state index >= 15 is 0 Å². The van der Waals surface area contributed by atoms with Gasteiger partial charge < -0.3 is 24.8 Å². The quantitative estimate of drug-likeness (QED) is 0.143. The first kappa shape index (κ1) is 36.9. The minimum absolute atomic E-state index is 0. The summed E-state index contributed by atoms with van der Waals surface area (Å²) in [6.07, 6.45) is 0.120. The van der Waals surface area contributed by atoms with E-state index in [1.807, 2.05) is 0 Å². The van der Waals surface area contributed by atoms with Gasteiger partial charge in [-0.2, -0.15) is 0 Å². The Morgan fingerprint density at radius 2 is 0.688 bits per heavy atom. The molecule has 0 aliphatic rings. The van der Waals surface area contributed by atoms with Gasteiger partial charge in [-0.3, -0.25) is 0 Å². The van der Waals surface area contributed by atoms with Crippen molar-refractivity contribution in [3.05, 3.63) is 182 Å². The van der Waals surface area contributed by atoms with Crippen LogP contribution in [-0.2, 0) is 19.2 Å². The Morgan fingerprint density at radius 1 is 0.396 bits per heavy atom. The van der Waals surface area contributed by atoms with Gasteiger partial charge in [-0.25, -0.2) is 0 Å². The van der Waals surface area contributed by atoms with E-state index < -0.39 is 0 Å². The summed E-state index contributed by atoms with van der Waals surface area (Å²) in [5, 5.41) is 5.25. The van der Waals surface area contributed by atoms with Crippen molar-refractivity contribution >= 4 is 27.7 Å². The standard InChI is InChI=1S/2C21H15.C2H6Si.2ClH.Ti/c2*1-3-8-16(9-4-1)19-14-18-12-7-13-20(21(18)15-19)17-10-5-2-6-11-17;1-3-2;;;/h2*1-15H;1-2H3;2*1H;/q2*-1;;;;+2/p-2. The van der Waals surface area contributed by atoms with Gasteiger partial charge in [0.15, 0.2) is 0 Å². The third-order valence-corrected chi connectivity index (χ3v) is 7.89. The molecule has 0 saturated heterocycles. The first-order chi connectivity index (χ1) is 22.6. The van der Waals surface area contributed by atoms with E-state index in [0.29, 0.717) is 0 Å². The fourth-order valence-corrected chi connectivity index (χ4v) is 5.80. The van der Waals surface area contributed by atoms with Crippen LogP contribution in [0.4, 0.5) is 0 Å². The summed E-state index contributed by atoms with van der Waals surface area (Å²) in [7, 11) is 0. The Hall–Kier alpha value is -3.95. The van der Waals surface area contributed by atoms with E-state index in [-0.39, 0.29) is 31.0 Å². The molecule has 0 saturated carbocycles. The van der Waals surface area contributed by atoms with Crippen LogP contribution in [0.5, 0.6) is 0 Å². The van der Waals surface area contributed by atoms with Gasteiger partial charge in [-0.05, 0) is 11.1 Å². The minimum Gasteiger partial charge on any atom is -1.00 e. The molecule has 0 spiro atoms. The van der Waals surface area contributed by atoms with Crippen LogP contribution in [0.15, 0.2) is 182 Å². The maximum atomic E-state index is 2.30. The molecule has 0 N–H and O–H groups in total. The van der Waals surface area contributed by atoms with Gasteiger partial charge in [0, 0.05) is 0 Å². The maximum Gasteiger partial charge on any atom is -0.0259 e. The van der Waals surface area contributed by atoms with Crippen LogP contribution < -0.4 is 24.8 Å². The van der Waals surface area contributed by atoms with Crippen LogP contribution in [-0.4, -0.2) is 6.19 Å². The summed E-state index contributed by atoms with van der Waals surface area (Å²) in [6, 6.07) is 64.5. The second-order valence-corrected chi connectivity index (χ2v) is 18.3. The van der Waals surface area contributed by atoms with Crippen molar-refractivity contribution in [3.8, 4) is 44.5 Å². The molecule has 8 aromatic rings. The van der Waals surface area contributed by atoms with Crippen LogP contribution >= 0.6 is 0 Å². The molecule has 4 heteroatoms. The maximum absolute atomic E-state index is 2.30. The van der Waals surface area contributed by atoms with E-state index in [9.17, 15) is 0 Å². The average Bonchev–Trinajstić information content (AvgIpc) is 3.75. The molecule has 0 amide bonds. The SMILES string of the molecule is C[Si](C)=[Ti+2].[Cl-].[Cl-].c1ccc(-c2cc3c(-c4ccccc4)cccc3[cH-]2)cc1.c1ccc(-c2cc3c(-c4ccccc4)cccc3[cH-]2)cc1. The van der Waals surface area contributed by atoms with Crippen LogP contribution in [0.25, 0.3) is 66.1 Å². The fourth-order valence-electron chi connectivity index (χ4n) is 5.80. The summed E-state index contributed by atoms with van der Waals surface area (Å²) in [4.78, 5) is 0. The molecule has 0 atom stereocenters. The van der Waals surface area contributed by atoms with Crippen LogP contribution in [0.1, 0.15) is 0 Å². The second-order valence-electron chi connectivity index (χ2n) is 11.6. The molecule has 236 valence electrons. The largest absolute Gasteiger partial charge is 1.00 e. The van der Waals surface area contributed by atoms with Crippen molar-refractivity contribution < 1.29 is 44.0 Å². The van der Waals surface area contributed by atoms with Gasteiger partial charge in [0.05, 0.1) is 0 Å². The van der Waals surface area contributed by atoms with Crippen LogP contribution in [0.2, 0.25) is 13.1 Å². The third-order valence-electron chi connectivity index (χ3n) is 7.89. The summed E-state index contributed by atoms with van der Waals surface area (Å²) >= 11 is 2.27. The third kappa shape index (κ3) is 9.14. The Kier molecular flexibility index (Phi) is 13.8. The molecule has 0 unspecified atom stereocenters. The molecule has 0 heterocycles. The van der Waals surface area contributed by atoms with Crippen LogP contribution in [0, 0.1) is 0 Å². The zero-order chi connectivity index (χ0) is 31.7. The summed E-state index contributed by atoms with van der Waals surface area (Å²) in [6.45, 7) is 4.54. The van der Waals surface area contributed by atoms with Gasteiger partial charge in [0.1, 0.15) is 0 Å². The minimum atomic E-state index is 0. The average molecular weight is 712 g/mol. The number of benzene rings is 6. The molecule has 0 bridgehead atoms. The molecule has 8 rings (SSSR count). The molecule has 0 aromatic heterocycles. The molecule has 8 aromatic carbocycles. The van der Waals surface area contributed by atoms with Gasteiger partial charge in [-0.15, -0.1) is 69.1 Å². The smallest absolute Gasteiger partial charge is 0.0259 e. The van der Waals surface area contributed by atoms with Gasteiger partial charge in [0.25, 0.3) is 0 Å². The van der Waals surface area contributed by atoms with Crippen molar-refractivity contribution in [2.45, 2.75) is 13.1 Å². The van der Waals surface area contributed by atoms with Crippen LogP contribution in [0.3, 0.4) is 0 Å². The predicted molar refractivity (Wildman–Crippen MR) is 198 cm³/mol. The normalized spacial score (nSPS) is 10.1. The predicted octanol–water partition coefficient (Wildman–Crippen LogP) is 6.58. The fraction of sp³-hybridized carbons (Fsp3) is 0.0455. The molecule has 0 aliphatic carbocycles.